The highest BCUT2D eigenvalue weighted by Gasteiger charge is 2.23. The molecule has 1 saturated heterocycles. The lowest BCUT2D eigenvalue weighted by Gasteiger charge is -2.29. The van der Waals surface area contributed by atoms with Gasteiger partial charge in [-0.05, 0) is 56.6 Å². The molecule has 162 valence electrons. The summed E-state index contributed by atoms with van der Waals surface area (Å²) in [5, 5.41) is 18.9. The van der Waals surface area contributed by atoms with Gasteiger partial charge < -0.3 is 15.0 Å². The normalized spacial score (nSPS) is 14.5. The smallest absolute Gasteiger partial charge is 0.158 e. The van der Waals surface area contributed by atoms with Crippen LogP contribution in [0.2, 0.25) is 0 Å². The molecule has 1 fully saturated rings. The number of hydrogen-bond acceptors (Lipinski definition) is 7. The van der Waals surface area contributed by atoms with Crippen LogP contribution in [0.4, 0.5) is 16.0 Å². The van der Waals surface area contributed by atoms with Crippen LogP contribution < -0.4 is 10.1 Å². The molecular weight excluding hydrogens is 421 g/mol. The number of hydrogen-bond donors (Lipinski definition) is 2. The SMILES string of the molecule is COc1cc(C2CCN(C)CC2)c(F)cc1-c1cc(Nc2cnc(C#N)cn2)n[nH]1.Cl. The van der Waals surface area contributed by atoms with Gasteiger partial charge in [0.1, 0.15) is 23.5 Å². The van der Waals surface area contributed by atoms with Crippen molar-refractivity contribution < 1.29 is 9.13 Å². The van der Waals surface area contributed by atoms with Gasteiger partial charge in [0.2, 0.25) is 0 Å². The van der Waals surface area contributed by atoms with Crippen molar-refractivity contribution in [2.24, 2.45) is 0 Å². The Balaban J connectivity index is 0.00000272. The van der Waals surface area contributed by atoms with Crippen molar-refractivity contribution in [3.8, 4) is 23.1 Å². The molecule has 31 heavy (non-hydrogen) atoms. The molecule has 0 aliphatic carbocycles. The summed E-state index contributed by atoms with van der Waals surface area (Å²) in [5.74, 6) is 1.49. The summed E-state index contributed by atoms with van der Waals surface area (Å²) in [5.41, 5.74) is 2.14. The summed E-state index contributed by atoms with van der Waals surface area (Å²) < 4.78 is 20.6. The van der Waals surface area contributed by atoms with Crippen molar-refractivity contribution >= 4 is 24.0 Å². The fourth-order valence-electron chi connectivity index (χ4n) is 3.69. The summed E-state index contributed by atoms with van der Waals surface area (Å²) in [4.78, 5) is 10.3. The van der Waals surface area contributed by atoms with Gasteiger partial charge in [0.25, 0.3) is 0 Å². The van der Waals surface area contributed by atoms with Crippen LogP contribution in [0.3, 0.4) is 0 Å². The molecule has 0 radical (unpaired) electrons. The van der Waals surface area contributed by atoms with Crippen molar-refractivity contribution in [1.82, 2.24) is 25.1 Å². The van der Waals surface area contributed by atoms with E-state index >= 15 is 0 Å². The van der Waals surface area contributed by atoms with E-state index in [1.54, 1.807) is 19.2 Å². The molecule has 1 aliphatic heterocycles. The molecule has 8 nitrogen and oxygen atoms in total. The first-order chi connectivity index (χ1) is 14.6. The molecule has 1 aromatic carbocycles. The molecule has 0 saturated carbocycles. The number of methoxy groups -OCH3 is 1. The average Bonchev–Trinajstić information content (AvgIpc) is 3.23. The van der Waals surface area contributed by atoms with E-state index in [4.69, 9.17) is 10.00 Å². The van der Waals surface area contributed by atoms with Crippen molar-refractivity contribution in [2.75, 3.05) is 32.6 Å². The molecule has 3 aromatic rings. The van der Waals surface area contributed by atoms with E-state index in [1.807, 2.05) is 6.07 Å². The van der Waals surface area contributed by atoms with Gasteiger partial charge in [-0.25, -0.2) is 14.4 Å². The van der Waals surface area contributed by atoms with E-state index in [9.17, 15) is 4.39 Å². The van der Waals surface area contributed by atoms with Crippen LogP contribution in [0, 0.1) is 17.1 Å². The maximum atomic E-state index is 15.0. The fourth-order valence-corrected chi connectivity index (χ4v) is 3.69. The van der Waals surface area contributed by atoms with Crippen LogP contribution in [-0.4, -0.2) is 52.3 Å². The van der Waals surface area contributed by atoms with E-state index in [0.29, 0.717) is 34.2 Å². The van der Waals surface area contributed by atoms with Gasteiger partial charge in [-0.15, -0.1) is 12.4 Å². The van der Waals surface area contributed by atoms with E-state index < -0.39 is 0 Å². The number of nitriles is 1. The van der Waals surface area contributed by atoms with Crippen molar-refractivity contribution in [1.29, 1.82) is 5.26 Å². The Kier molecular flexibility index (Phi) is 7.05. The van der Waals surface area contributed by atoms with Gasteiger partial charge >= 0.3 is 0 Å². The first-order valence-electron chi connectivity index (χ1n) is 9.68. The van der Waals surface area contributed by atoms with Gasteiger partial charge in [-0.2, -0.15) is 10.4 Å². The summed E-state index contributed by atoms with van der Waals surface area (Å²) in [6.45, 7) is 1.92. The second-order valence-corrected chi connectivity index (χ2v) is 7.34. The maximum absolute atomic E-state index is 15.0. The Bertz CT molecular complexity index is 1070. The quantitative estimate of drug-likeness (QED) is 0.617. The highest BCUT2D eigenvalue weighted by molar-refractivity contribution is 5.85. The van der Waals surface area contributed by atoms with Crippen molar-refractivity contribution in [3.63, 3.8) is 0 Å². The Labute approximate surface area is 185 Å². The van der Waals surface area contributed by atoms with Crippen LogP contribution in [0.1, 0.15) is 30.0 Å². The van der Waals surface area contributed by atoms with Crippen molar-refractivity contribution in [2.45, 2.75) is 18.8 Å². The molecule has 0 atom stereocenters. The highest BCUT2D eigenvalue weighted by atomic mass is 35.5. The number of benzene rings is 1. The summed E-state index contributed by atoms with van der Waals surface area (Å²) in [6.07, 6.45) is 4.68. The number of rotatable bonds is 5. The van der Waals surface area contributed by atoms with Crippen LogP contribution in [0.25, 0.3) is 11.3 Å². The van der Waals surface area contributed by atoms with Gasteiger partial charge in [0.15, 0.2) is 11.5 Å². The molecule has 0 spiro atoms. The van der Waals surface area contributed by atoms with Gasteiger partial charge in [0.05, 0.1) is 25.2 Å². The van der Waals surface area contributed by atoms with Gasteiger partial charge in [0, 0.05) is 11.6 Å². The number of H-pyrrole nitrogens is 1. The number of anilines is 2. The number of ether oxygens (including phenoxy) is 1. The topological polar surface area (TPSA) is 103 Å². The molecule has 1 aliphatic rings. The van der Waals surface area contributed by atoms with Crippen molar-refractivity contribution in [3.05, 3.63) is 47.7 Å². The third kappa shape index (κ3) is 4.93. The predicted molar refractivity (Wildman–Crippen MR) is 117 cm³/mol. The number of piperidine rings is 1. The Morgan fingerprint density at radius 1 is 1.19 bits per heavy atom. The molecule has 0 amide bonds. The molecule has 4 rings (SSSR count). The van der Waals surface area contributed by atoms with E-state index in [1.165, 1.54) is 18.5 Å². The number of halogens is 2. The Hall–Kier alpha value is -3.22. The molecule has 2 N–H and O–H groups in total. The van der Waals surface area contributed by atoms with Crippen LogP contribution >= 0.6 is 12.4 Å². The van der Waals surface area contributed by atoms with Crippen LogP contribution in [-0.2, 0) is 0 Å². The number of nitrogens with zero attached hydrogens (tertiary/aromatic N) is 5. The largest absolute Gasteiger partial charge is 0.496 e. The second kappa shape index (κ2) is 9.73. The third-order valence-corrected chi connectivity index (χ3v) is 5.37. The summed E-state index contributed by atoms with van der Waals surface area (Å²) in [7, 11) is 3.67. The zero-order valence-corrected chi connectivity index (χ0v) is 18.0. The van der Waals surface area contributed by atoms with Gasteiger partial charge in [-0.1, -0.05) is 0 Å². The first-order valence-corrected chi connectivity index (χ1v) is 9.68. The maximum Gasteiger partial charge on any atom is 0.158 e. The highest BCUT2D eigenvalue weighted by Crippen LogP contribution is 2.37. The fraction of sp³-hybridized carbons (Fsp3) is 0.333. The number of nitrogens with one attached hydrogen (secondary N) is 2. The molecular formula is C21H23ClFN7O. The molecule has 0 unspecified atom stereocenters. The molecule has 2 aromatic heterocycles. The lowest BCUT2D eigenvalue weighted by Crippen LogP contribution is -2.29. The average molecular weight is 444 g/mol. The number of likely N-dealkylation sites (tertiary alicyclic amines) is 1. The Morgan fingerprint density at radius 2 is 1.97 bits per heavy atom. The predicted octanol–water partition coefficient (Wildman–Crippen LogP) is 3.86. The standard InChI is InChI=1S/C21H22FN7O.ClH/c1-29-5-3-13(4-6-29)15-8-19(30-2)16(7-17(15)22)18-9-20(28-27-18)26-21-12-24-14(10-23)11-25-21;/h7-9,11-13H,3-6H2,1-2H3,(H2,25,26,27,28);1H. The van der Waals surface area contributed by atoms with Crippen LogP contribution in [0.5, 0.6) is 5.75 Å². The lowest BCUT2D eigenvalue weighted by atomic mass is 9.88. The minimum atomic E-state index is -0.234. The van der Waals surface area contributed by atoms with Gasteiger partial charge in [-0.3, -0.25) is 5.10 Å². The monoisotopic (exact) mass is 443 g/mol. The molecule has 3 heterocycles. The third-order valence-electron chi connectivity index (χ3n) is 5.37. The zero-order chi connectivity index (χ0) is 21.1. The Morgan fingerprint density at radius 3 is 2.61 bits per heavy atom. The zero-order valence-electron chi connectivity index (χ0n) is 17.2. The first kappa shape index (κ1) is 22.5. The van der Waals surface area contributed by atoms with Crippen LogP contribution in [0.15, 0.2) is 30.6 Å². The molecule has 0 bridgehead atoms. The second-order valence-electron chi connectivity index (χ2n) is 7.34. The molecule has 10 heteroatoms. The minimum Gasteiger partial charge on any atom is -0.496 e. The minimum absolute atomic E-state index is 0. The lowest BCUT2D eigenvalue weighted by molar-refractivity contribution is 0.252. The van der Waals surface area contributed by atoms with E-state index in [0.717, 1.165) is 25.9 Å². The summed E-state index contributed by atoms with van der Waals surface area (Å²) >= 11 is 0. The van der Waals surface area contributed by atoms with E-state index in [-0.39, 0.29) is 29.8 Å². The van der Waals surface area contributed by atoms with E-state index in [2.05, 4.69) is 37.4 Å². The number of aromatic amines is 1. The number of aromatic nitrogens is 4. The summed E-state index contributed by atoms with van der Waals surface area (Å²) in [6, 6.07) is 6.97.